The molecule has 3 rings (SSSR count). The van der Waals surface area contributed by atoms with Crippen LogP contribution in [-0.4, -0.2) is 20.7 Å². The van der Waals surface area contributed by atoms with E-state index in [1.807, 2.05) is 18.2 Å². The molecule has 0 bridgehead atoms. The molecule has 102 valence electrons. The van der Waals surface area contributed by atoms with E-state index in [0.29, 0.717) is 0 Å². The number of rotatable bonds is 2. The Morgan fingerprint density at radius 1 is 1.30 bits per heavy atom. The van der Waals surface area contributed by atoms with Gasteiger partial charge in [-0.2, -0.15) is 5.10 Å². The van der Waals surface area contributed by atoms with Crippen LogP contribution in [0, 0.1) is 0 Å². The third-order valence-corrected chi connectivity index (χ3v) is 3.58. The van der Waals surface area contributed by atoms with Crippen LogP contribution in [0.15, 0.2) is 29.2 Å². The molecule has 2 aromatic rings. The highest BCUT2D eigenvalue weighted by Crippen LogP contribution is 2.24. The van der Waals surface area contributed by atoms with Crippen LogP contribution in [0.5, 0.6) is 5.75 Å². The quantitative estimate of drug-likeness (QED) is 0.842. The third-order valence-electron chi connectivity index (χ3n) is 3.58. The smallest absolute Gasteiger partial charge is 0.252 e. The van der Waals surface area contributed by atoms with Crippen LogP contribution < -0.4 is 5.43 Å². The van der Waals surface area contributed by atoms with Gasteiger partial charge in [-0.3, -0.25) is 9.59 Å². The molecule has 5 nitrogen and oxygen atoms in total. The number of nitrogens with zero attached hydrogens (tertiary/aromatic N) is 2. The summed E-state index contributed by atoms with van der Waals surface area (Å²) in [4.78, 5) is 23.0. The van der Waals surface area contributed by atoms with E-state index in [4.69, 9.17) is 0 Å². The highest BCUT2D eigenvalue weighted by Gasteiger charge is 2.15. The third kappa shape index (κ3) is 2.01. The molecule has 0 atom stereocenters. The molecule has 1 aliphatic rings. The summed E-state index contributed by atoms with van der Waals surface area (Å²) in [5.41, 5.74) is 2.35. The second-order valence-electron chi connectivity index (χ2n) is 5.00. The van der Waals surface area contributed by atoms with Crippen molar-refractivity contribution in [1.82, 2.24) is 9.78 Å². The second-order valence-corrected chi connectivity index (χ2v) is 5.00. The Hall–Kier alpha value is -2.43. The van der Waals surface area contributed by atoms with E-state index in [0.717, 1.165) is 24.9 Å². The first-order chi connectivity index (χ1) is 9.56. The van der Waals surface area contributed by atoms with Crippen LogP contribution in [0.4, 0.5) is 0 Å². The number of aryl methyl sites for hydroxylation is 2. The molecule has 0 saturated carbocycles. The Balaban J connectivity index is 2.15. The van der Waals surface area contributed by atoms with Gasteiger partial charge in [-0.25, -0.2) is 4.68 Å². The van der Waals surface area contributed by atoms with Crippen LogP contribution in [0.2, 0.25) is 0 Å². The molecule has 0 amide bonds. The van der Waals surface area contributed by atoms with Crippen LogP contribution in [-0.2, 0) is 12.8 Å². The van der Waals surface area contributed by atoms with Gasteiger partial charge in [0.2, 0.25) is 0 Å². The Labute approximate surface area is 115 Å². The molecule has 0 aliphatic heterocycles. The van der Waals surface area contributed by atoms with Gasteiger partial charge in [0.15, 0.2) is 17.2 Å². The lowest BCUT2D eigenvalue weighted by atomic mass is 10.1. The average molecular weight is 270 g/mol. The number of hydrogen-bond acceptors (Lipinski definition) is 4. The predicted molar refractivity (Wildman–Crippen MR) is 73.5 cm³/mol. The van der Waals surface area contributed by atoms with E-state index in [1.165, 1.54) is 28.9 Å². The first kappa shape index (κ1) is 12.6. The van der Waals surface area contributed by atoms with E-state index >= 15 is 0 Å². The summed E-state index contributed by atoms with van der Waals surface area (Å²) >= 11 is 0. The standard InChI is InChI=1S/C15H14N2O3/c1-9(18)14-15(20)13(19)8-17(16-14)12-6-5-10-3-2-4-11(10)7-12/h5-8,19H,2-4H2,1H3. The van der Waals surface area contributed by atoms with Crippen molar-refractivity contribution in [1.29, 1.82) is 0 Å². The van der Waals surface area contributed by atoms with Gasteiger partial charge in [-0.05, 0) is 42.5 Å². The van der Waals surface area contributed by atoms with E-state index in [9.17, 15) is 14.7 Å². The first-order valence-electron chi connectivity index (χ1n) is 6.52. The minimum absolute atomic E-state index is 0.245. The molecule has 1 heterocycles. The van der Waals surface area contributed by atoms with Crippen molar-refractivity contribution in [2.45, 2.75) is 26.2 Å². The molecule has 5 heteroatoms. The van der Waals surface area contributed by atoms with Crippen molar-refractivity contribution >= 4 is 5.78 Å². The predicted octanol–water partition coefficient (Wildman–Crippen LogP) is 1.63. The Bertz CT molecular complexity index is 762. The number of aromatic nitrogens is 2. The Morgan fingerprint density at radius 2 is 2.05 bits per heavy atom. The highest BCUT2D eigenvalue weighted by molar-refractivity contribution is 5.92. The maximum Gasteiger partial charge on any atom is 0.252 e. The zero-order valence-corrected chi connectivity index (χ0v) is 11.1. The van der Waals surface area contributed by atoms with Gasteiger partial charge in [-0.1, -0.05) is 6.07 Å². The van der Waals surface area contributed by atoms with Gasteiger partial charge in [0.05, 0.1) is 11.9 Å². The van der Waals surface area contributed by atoms with Gasteiger partial charge >= 0.3 is 0 Å². The van der Waals surface area contributed by atoms with Crippen molar-refractivity contribution in [3.05, 3.63) is 51.4 Å². The number of carbonyl (C=O) groups excluding carboxylic acids is 1. The summed E-state index contributed by atoms with van der Waals surface area (Å²) in [5.74, 6) is -0.925. The van der Waals surface area contributed by atoms with Gasteiger partial charge in [0.25, 0.3) is 5.43 Å². The lowest BCUT2D eigenvalue weighted by Crippen LogP contribution is -2.19. The molecule has 0 radical (unpaired) electrons. The summed E-state index contributed by atoms with van der Waals surface area (Å²) in [6.07, 6.45) is 4.48. The molecule has 0 saturated heterocycles. The molecule has 1 aromatic carbocycles. The molecule has 1 aliphatic carbocycles. The van der Waals surface area contributed by atoms with Crippen molar-refractivity contribution in [2.24, 2.45) is 0 Å². The largest absolute Gasteiger partial charge is 0.503 e. The summed E-state index contributed by atoms with van der Waals surface area (Å²) in [5, 5.41) is 13.7. The monoisotopic (exact) mass is 270 g/mol. The van der Waals surface area contributed by atoms with Crippen LogP contribution in [0.25, 0.3) is 5.69 Å². The molecule has 20 heavy (non-hydrogen) atoms. The van der Waals surface area contributed by atoms with Gasteiger partial charge < -0.3 is 5.11 Å². The van der Waals surface area contributed by atoms with E-state index < -0.39 is 17.0 Å². The van der Waals surface area contributed by atoms with Gasteiger partial charge in [0, 0.05) is 6.92 Å². The molecule has 0 unspecified atom stereocenters. The minimum atomic E-state index is -0.727. The zero-order chi connectivity index (χ0) is 14.3. The average Bonchev–Trinajstić information content (AvgIpc) is 2.88. The lowest BCUT2D eigenvalue weighted by molar-refractivity contribution is 0.100. The van der Waals surface area contributed by atoms with Crippen molar-refractivity contribution in [3.8, 4) is 11.4 Å². The molecular formula is C15H14N2O3. The topological polar surface area (TPSA) is 72.2 Å². The number of hydrogen-bond donors (Lipinski definition) is 1. The molecule has 1 N–H and O–H groups in total. The summed E-state index contributed by atoms with van der Waals surface area (Å²) in [7, 11) is 0. The fraction of sp³-hybridized carbons (Fsp3) is 0.267. The lowest BCUT2D eigenvalue weighted by Gasteiger charge is -2.09. The highest BCUT2D eigenvalue weighted by atomic mass is 16.3. The molecular weight excluding hydrogens is 256 g/mol. The zero-order valence-electron chi connectivity index (χ0n) is 11.1. The van der Waals surface area contributed by atoms with Crippen molar-refractivity contribution in [3.63, 3.8) is 0 Å². The molecule has 0 spiro atoms. The molecule has 0 fully saturated rings. The van der Waals surface area contributed by atoms with Crippen molar-refractivity contribution < 1.29 is 9.90 Å². The van der Waals surface area contributed by atoms with Crippen LogP contribution in [0.3, 0.4) is 0 Å². The Morgan fingerprint density at radius 3 is 2.80 bits per heavy atom. The van der Waals surface area contributed by atoms with Crippen LogP contribution >= 0.6 is 0 Å². The van der Waals surface area contributed by atoms with Gasteiger partial charge in [0.1, 0.15) is 0 Å². The summed E-state index contributed by atoms with van der Waals surface area (Å²) < 4.78 is 1.38. The van der Waals surface area contributed by atoms with E-state index in [-0.39, 0.29) is 5.69 Å². The normalized spacial score (nSPS) is 13.2. The fourth-order valence-corrected chi connectivity index (χ4v) is 2.54. The van der Waals surface area contributed by atoms with E-state index in [1.54, 1.807) is 0 Å². The first-order valence-corrected chi connectivity index (χ1v) is 6.52. The fourth-order valence-electron chi connectivity index (χ4n) is 2.54. The Kier molecular flexibility index (Phi) is 2.89. The summed E-state index contributed by atoms with van der Waals surface area (Å²) in [6, 6.07) is 5.90. The maximum absolute atomic E-state index is 11.6. The number of fused-ring (bicyclic) bond motifs is 1. The van der Waals surface area contributed by atoms with Crippen LogP contribution in [0.1, 0.15) is 35.0 Å². The number of benzene rings is 1. The number of aromatic hydroxyl groups is 1. The number of ketones is 1. The van der Waals surface area contributed by atoms with Crippen molar-refractivity contribution in [2.75, 3.05) is 0 Å². The second kappa shape index (κ2) is 4.59. The number of carbonyl (C=O) groups is 1. The minimum Gasteiger partial charge on any atom is -0.503 e. The maximum atomic E-state index is 11.6. The summed E-state index contributed by atoms with van der Waals surface area (Å²) in [6.45, 7) is 1.26. The number of Topliss-reactive ketones (excluding diaryl/α,β-unsaturated/α-hetero) is 1. The molecule has 1 aromatic heterocycles. The van der Waals surface area contributed by atoms with E-state index in [2.05, 4.69) is 5.10 Å². The SMILES string of the molecule is CC(=O)c1nn(-c2ccc3c(c2)CCC3)cc(O)c1=O. The van der Waals surface area contributed by atoms with Gasteiger partial charge in [-0.15, -0.1) is 0 Å².